The number of nitrogens with zero attached hydrogens (tertiary/aromatic N) is 1. The summed E-state index contributed by atoms with van der Waals surface area (Å²) in [6, 6.07) is 0. The highest BCUT2D eigenvalue weighted by Gasteiger charge is 2.30. The van der Waals surface area contributed by atoms with Crippen LogP contribution >= 0.6 is 15.9 Å². The van der Waals surface area contributed by atoms with Gasteiger partial charge in [-0.25, -0.2) is 4.98 Å². The van der Waals surface area contributed by atoms with Crippen molar-refractivity contribution in [1.29, 1.82) is 0 Å². The molecule has 1 aliphatic carbocycles. The van der Waals surface area contributed by atoms with E-state index in [2.05, 4.69) is 31.2 Å². The third kappa shape index (κ3) is 2.92. The number of aromatic nitrogens is 2. The first-order valence-electron chi connectivity index (χ1n) is 6.34. The first kappa shape index (κ1) is 13.5. The lowest BCUT2D eigenvalue weighted by molar-refractivity contribution is 0.215. The van der Waals surface area contributed by atoms with Crippen LogP contribution < -0.4 is 16.6 Å². The summed E-state index contributed by atoms with van der Waals surface area (Å²) in [5, 5.41) is 3.26. The van der Waals surface area contributed by atoms with Crippen LogP contribution in [0, 0.1) is 5.41 Å². The molecule has 0 aromatic carbocycles. The quantitative estimate of drug-likeness (QED) is 0.792. The maximum Gasteiger partial charge on any atom is 0.267 e. The van der Waals surface area contributed by atoms with Crippen LogP contribution in [0.3, 0.4) is 0 Å². The molecule has 0 saturated heterocycles. The van der Waals surface area contributed by atoms with Gasteiger partial charge in [0.1, 0.15) is 10.3 Å². The molecule has 2 rings (SSSR count). The summed E-state index contributed by atoms with van der Waals surface area (Å²) < 4.78 is 0.452. The molecule has 0 aliphatic heterocycles. The van der Waals surface area contributed by atoms with Crippen LogP contribution in [0.25, 0.3) is 0 Å². The van der Waals surface area contributed by atoms with E-state index in [-0.39, 0.29) is 11.0 Å². The third-order valence-electron chi connectivity index (χ3n) is 3.77. The Labute approximate surface area is 115 Å². The van der Waals surface area contributed by atoms with Crippen molar-refractivity contribution in [3.8, 4) is 0 Å². The number of rotatable bonds is 4. The largest absolute Gasteiger partial charge is 0.368 e. The smallest absolute Gasteiger partial charge is 0.267 e. The van der Waals surface area contributed by atoms with Gasteiger partial charge >= 0.3 is 0 Å². The predicted octanol–water partition coefficient (Wildman–Crippen LogP) is 1.85. The Balaban J connectivity index is 2.05. The van der Waals surface area contributed by atoms with E-state index in [9.17, 15) is 4.79 Å². The number of aromatic amines is 1. The van der Waals surface area contributed by atoms with Crippen LogP contribution in [0.4, 0.5) is 5.82 Å². The molecule has 1 fully saturated rings. The Hall–Kier alpha value is -0.880. The molecule has 5 nitrogen and oxygen atoms in total. The molecular formula is C12H19BrN4O. The zero-order chi connectivity index (χ0) is 13.0. The molecule has 0 unspecified atom stereocenters. The highest BCUT2D eigenvalue weighted by Crippen LogP contribution is 2.35. The third-order valence-corrected chi connectivity index (χ3v) is 4.51. The Bertz CT molecular complexity index is 454. The van der Waals surface area contributed by atoms with Crippen molar-refractivity contribution < 1.29 is 0 Å². The maximum absolute atomic E-state index is 11.4. The molecule has 0 radical (unpaired) electrons. The fraction of sp³-hybridized carbons (Fsp3) is 0.667. The first-order chi connectivity index (χ1) is 8.67. The number of hydrogen-bond acceptors (Lipinski definition) is 4. The van der Waals surface area contributed by atoms with Crippen LogP contribution in [0.15, 0.2) is 15.6 Å². The average Bonchev–Trinajstić information content (AvgIpc) is 2.41. The van der Waals surface area contributed by atoms with Gasteiger partial charge < -0.3 is 16.0 Å². The Morgan fingerprint density at radius 3 is 2.83 bits per heavy atom. The van der Waals surface area contributed by atoms with Crippen LogP contribution in [-0.2, 0) is 0 Å². The van der Waals surface area contributed by atoms with Gasteiger partial charge in [-0.15, -0.1) is 0 Å². The monoisotopic (exact) mass is 314 g/mol. The molecule has 1 aromatic rings. The maximum atomic E-state index is 11.4. The molecular weight excluding hydrogens is 296 g/mol. The minimum atomic E-state index is -0.169. The second-order valence-electron chi connectivity index (χ2n) is 5.01. The number of halogens is 1. The van der Waals surface area contributed by atoms with E-state index >= 15 is 0 Å². The van der Waals surface area contributed by atoms with Crippen molar-refractivity contribution in [2.24, 2.45) is 11.1 Å². The molecule has 100 valence electrons. The summed E-state index contributed by atoms with van der Waals surface area (Å²) in [4.78, 5) is 18.1. The van der Waals surface area contributed by atoms with Gasteiger partial charge in [0.2, 0.25) is 0 Å². The first-order valence-corrected chi connectivity index (χ1v) is 7.13. The van der Waals surface area contributed by atoms with Gasteiger partial charge in [-0.1, -0.05) is 19.3 Å². The normalized spacial score (nSPS) is 18.6. The second kappa shape index (κ2) is 5.84. The second-order valence-corrected chi connectivity index (χ2v) is 5.81. The number of nitrogens with two attached hydrogens (primary N) is 1. The molecule has 1 aliphatic rings. The van der Waals surface area contributed by atoms with Gasteiger partial charge in [-0.05, 0) is 40.7 Å². The van der Waals surface area contributed by atoms with E-state index in [0.717, 1.165) is 19.4 Å². The molecule has 0 bridgehead atoms. The number of hydrogen-bond donors (Lipinski definition) is 3. The van der Waals surface area contributed by atoms with Crippen molar-refractivity contribution in [3.05, 3.63) is 21.2 Å². The zero-order valence-corrected chi connectivity index (χ0v) is 11.9. The van der Waals surface area contributed by atoms with Crippen LogP contribution in [-0.4, -0.2) is 23.1 Å². The zero-order valence-electron chi connectivity index (χ0n) is 10.3. The Kier molecular flexibility index (Phi) is 4.40. The van der Waals surface area contributed by atoms with Gasteiger partial charge in [0, 0.05) is 6.54 Å². The van der Waals surface area contributed by atoms with E-state index in [4.69, 9.17) is 5.73 Å². The highest BCUT2D eigenvalue weighted by atomic mass is 79.9. The minimum absolute atomic E-state index is 0.155. The molecule has 0 spiro atoms. The Morgan fingerprint density at radius 1 is 1.44 bits per heavy atom. The van der Waals surface area contributed by atoms with E-state index in [0.29, 0.717) is 16.8 Å². The van der Waals surface area contributed by atoms with Gasteiger partial charge in [-0.2, -0.15) is 0 Å². The predicted molar refractivity (Wildman–Crippen MR) is 75.6 cm³/mol. The molecule has 0 amide bonds. The molecule has 18 heavy (non-hydrogen) atoms. The van der Waals surface area contributed by atoms with Gasteiger partial charge in [0.05, 0.1) is 6.33 Å². The van der Waals surface area contributed by atoms with Crippen LogP contribution in [0.1, 0.15) is 32.1 Å². The molecule has 0 atom stereocenters. The standard InChI is InChI=1S/C12H19BrN4O/c13-9-10(16-8-17-11(9)18)15-7-12(6-14)4-2-1-3-5-12/h8H,1-7,14H2,(H2,15,16,17,18). The SMILES string of the molecule is NCC1(CNc2nc[nH]c(=O)c2Br)CCCCC1. The molecule has 4 N–H and O–H groups in total. The Morgan fingerprint density at radius 2 is 2.17 bits per heavy atom. The summed E-state index contributed by atoms with van der Waals surface area (Å²) in [6.45, 7) is 1.46. The fourth-order valence-electron chi connectivity index (χ4n) is 2.53. The van der Waals surface area contributed by atoms with Crippen molar-refractivity contribution >= 4 is 21.7 Å². The van der Waals surface area contributed by atoms with E-state index in [1.807, 2.05) is 0 Å². The molecule has 1 saturated carbocycles. The molecule has 1 heterocycles. The van der Waals surface area contributed by atoms with E-state index in [1.165, 1.54) is 25.6 Å². The molecule has 1 aromatic heterocycles. The lowest BCUT2D eigenvalue weighted by Crippen LogP contribution is -2.39. The fourth-order valence-corrected chi connectivity index (χ4v) is 2.89. The highest BCUT2D eigenvalue weighted by molar-refractivity contribution is 9.10. The van der Waals surface area contributed by atoms with Crippen molar-refractivity contribution in [2.45, 2.75) is 32.1 Å². The molecule has 6 heteroatoms. The van der Waals surface area contributed by atoms with Crippen LogP contribution in [0.5, 0.6) is 0 Å². The average molecular weight is 315 g/mol. The lowest BCUT2D eigenvalue weighted by Gasteiger charge is -2.36. The summed E-state index contributed by atoms with van der Waals surface area (Å²) >= 11 is 3.24. The number of anilines is 1. The topological polar surface area (TPSA) is 83.8 Å². The van der Waals surface area contributed by atoms with Crippen molar-refractivity contribution in [3.63, 3.8) is 0 Å². The number of H-pyrrole nitrogens is 1. The summed E-state index contributed by atoms with van der Waals surface area (Å²) in [5.41, 5.74) is 5.92. The van der Waals surface area contributed by atoms with Crippen molar-refractivity contribution in [1.82, 2.24) is 9.97 Å². The summed E-state index contributed by atoms with van der Waals surface area (Å²) in [6.07, 6.45) is 7.49. The van der Waals surface area contributed by atoms with Gasteiger partial charge in [-0.3, -0.25) is 4.79 Å². The van der Waals surface area contributed by atoms with Gasteiger partial charge in [0.25, 0.3) is 5.56 Å². The van der Waals surface area contributed by atoms with Crippen molar-refractivity contribution in [2.75, 3.05) is 18.4 Å². The van der Waals surface area contributed by atoms with Crippen LogP contribution in [0.2, 0.25) is 0 Å². The van der Waals surface area contributed by atoms with E-state index < -0.39 is 0 Å². The lowest BCUT2D eigenvalue weighted by atomic mass is 9.74. The minimum Gasteiger partial charge on any atom is -0.368 e. The number of nitrogens with one attached hydrogen (secondary N) is 2. The van der Waals surface area contributed by atoms with E-state index in [1.54, 1.807) is 0 Å². The summed E-state index contributed by atoms with van der Waals surface area (Å²) in [7, 11) is 0. The summed E-state index contributed by atoms with van der Waals surface area (Å²) in [5.74, 6) is 0.595. The van der Waals surface area contributed by atoms with Gasteiger partial charge in [0.15, 0.2) is 0 Å².